The summed E-state index contributed by atoms with van der Waals surface area (Å²) in [5.74, 6) is -1.19. The topological polar surface area (TPSA) is 177 Å². The number of carbonyl (C=O) groups is 1. The number of hydrogen-bond acceptors (Lipinski definition) is 9. The average Bonchev–Trinajstić information content (AvgIpc) is 2.69. The van der Waals surface area contributed by atoms with Gasteiger partial charge in [-0.15, -0.1) is 0 Å². The molecule has 5 N–H and O–H groups in total. The number of carbonyl (C=O) groups excluding carboxylic acids is 2. The van der Waals surface area contributed by atoms with E-state index in [2.05, 4.69) is 30.8 Å². The fourth-order valence-electron chi connectivity index (χ4n) is 3.50. The fourth-order valence-corrected chi connectivity index (χ4v) is 3.50. The zero-order valence-electron chi connectivity index (χ0n) is 19.0. The predicted molar refractivity (Wildman–Crippen MR) is 114 cm³/mol. The molecular weight excluding hydrogens is 408 g/mol. The highest BCUT2D eigenvalue weighted by molar-refractivity contribution is 5.74. The third-order valence-corrected chi connectivity index (χ3v) is 4.96. The lowest BCUT2D eigenvalue weighted by atomic mass is 9.63. The molecule has 0 aliphatic heterocycles. The monoisotopic (exact) mass is 446 g/mol. The van der Waals surface area contributed by atoms with Crippen molar-refractivity contribution in [3.05, 3.63) is 0 Å². The molecule has 0 saturated heterocycles. The van der Waals surface area contributed by atoms with E-state index >= 15 is 0 Å². The minimum absolute atomic E-state index is 0.00750. The predicted octanol–water partition coefficient (Wildman–Crippen LogP) is 1.06. The van der Waals surface area contributed by atoms with E-state index in [0.29, 0.717) is 6.54 Å². The number of aliphatic imine (C=N–C) groups is 2. The summed E-state index contributed by atoms with van der Waals surface area (Å²) in [6.07, 6.45) is 7.32. The molecule has 31 heavy (non-hydrogen) atoms. The molecule has 0 spiro atoms. The van der Waals surface area contributed by atoms with Gasteiger partial charge in [-0.2, -0.15) is 0 Å². The van der Waals surface area contributed by atoms with Crippen molar-refractivity contribution in [2.75, 3.05) is 33.0 Å². The van der Waals surface area contributed by atoms with Crippen LogP contribution in [-0.2, 0) is 14.4 Å². The molecule has 180 valence electrons. The van der Waals surface area contributed by atoms with Gasteiger partial charge >= 0.3 is 5.97 Å². The van der Waals surface area contributed by atoms with Gasteiger partial charge in [-0.05, 0) is 49.9 Å². The van der Waals surface area contributed by atoms with Gasteiger partial charge in [-0.1, -0.05) is 20.8 Å². The van der Waals surface area contributed by atoms with E-state index in [-0.39, 0.29) is 30.1 Å². The Hall–Kier alpha value is -1.93. The molecule has 1 fully saturated rings. The van der Waals surface area contributed by atoms with Crippen molar-refractivity contribution in [1.82, 2.24) is 0 Å². The Morgan fingerprint density at radius 3 is 1.84 bits per heavy atom. The van der Waals surface area contributed by atoms with Gasteiger partial charge in [0.2, 0.25) is 12.2 Å². The minimum Gasteiger partial charge on any atom is -0.481 e. The van der Waals surface area contributed by atoms with E-state index < -0.39 is 24.6 Å². The van der Waals surface area contributed by atoms with Crippen LogP contribution in [0.1, 0.15) is 59.8 Å². The van der Waals surface area contributed by atoms with E-state index in [1.165, 1.54) is 6.92 Å². The highest BCUT2D eigenvalue weighted by atomic mass is 16.4. The van der Waals surface area contributed by atoms with Crippen molar-refractivity contribution in [3.8, 4) is 0 Å². The SMILES string of the molecule is CC(CO)(CO)C(=O)O.CC1(C)CC(N=C=O)CC(C)(CN=C=O)C1.OCCCCO. The van der Waals surface area contributed by atoms with E-state index in [1.54, 1.807) is 12.2 Å². The van der Waals surface area contributed by atoms with Crippen molar-refractivity contribution >= 4 is 18.1 Å². The summed E-state index contributed by atoms with van der Waals surface area (Å²) in [5.41, 5.74) is -1.33. The molecule has 2 unspecified atom stereocenters. The normalized spacial score (nSPS) is 21.7. The fraction of sp³-hybridized carbons (Fsp3) is 0.857. The van der Waals surface area contributed by atoms with Gasteiger partial charge in [0.25, 0.3) is 0 Å². The molecule has 1 saturated carbocycles. The molecule has 0 aromatic carbocycles. The summed E-state index contributed by atoms with van der Waals surface area (Å²) in [5, 5.41) is 41.3. The van der Waals surface area contributed by atoms with Gasteiger partial charge in [0.15, 0.2) is 0 Å². The molecule has 1 aliphatic rings. The maximum atomic E-state index is 10.3. The summed E-state index contributed by atoms with van der Waals surface area (Å²) in [7, 11) is 0. The molecule has 0 aromatic heterocycles. The number of carboxylic acids is 1. The van der Waals surface area contributed by atoms with Crippen LogP contribution in [0.3, 0.4) is 0 Å². The number of nitrogens with zero attached hydrogens (tertiary/aromatic N) is 2. The smallest absolute Gasteiger partial charge is 0.314 e. The molecule has 0 radical (unpaired) electrons. The molecule has 0 bridgehead atoms. The van der Waals surface area contributed by atoms with Crippen LogP contribution in [0.25, 0.3) is 0 Å². The largest absolute Gasteiger partial charge is 0.481 e. The first-order chi connectivity index (χ1) is 14.4. The quantitative estimate of drug-likeness (QED) is 0.198. The highest BCUT2D eigenvalue weighted by Gasteiger charge is 2.41. The van der Waals surface area contributed by atoms with Crippen molar-refractivity contribution < 1.29 is 39.9 Å². The van der Waals surface area contributed by atoms with Crippen LogP contribution in [0.15, 0.2) is 9.98 Å². The maximum absolute atomic E-state index is 10.3. The lowest BCUT2D eigenvalue weighted by Crippen LogP contribution is -2.39. The molecule has 2 atom stereocenters. The first-order valence-corrected chi connectivity index (χ1v) is 10.2. The van der Waals surface area contributed by atoms with E-state index in [1.807, 2.05) is 0 Å². The number of isocyanates is 2. The van der Waals surface area contributed by atoms with Crippen molar-refractivity contribution in [2.24, 2.45) is 26.2 Å². The Morgan fingerprint density at radius 1 is 1.00 bits per heavy atom. The number of aliphatic hydroxyl groups excluding tert-OH is 4. The Balaban J connectivity index is 0. The van der Waals surface area contributed by atoms with Crippen molar-refractivity contribution in [3.63, 3.8) is 0 Å². The van der Waals surface area contributed by atoms with Crippen LogP contribution in [0.4, 0.5) is 0 Å². The second kappa shape index (κ2) is 15.8. The van der Waals surface area contributed by atoms with Crippen molar-refractivity contribution in [1.29, 1.82) is 0 Å². The number of rotatable bonds is 9. The molecular formula is C21H38N2O8. The molecule has 1 rings (SSSR count). The van der Waals surface area contributed by atoms with Crippen LogP contribution >= 0.6 is 0 Å². The summed E-state index contributed by atoms with van der Waals surface area (Å²) in [4.78, 5) is 38.2. The summed E-state index contributed by atoms with van der Waals surface area (Å²) < 4.78 is 0. The van der Waals surface area contributed by atoms with Crippen LogP contribution in [-0.4, -0.2) is 82.7 Å². The molecule has 1 aliphatic carbocycles. The summed E-state index contributed by atoms with van der Waals surface area (Å²) in [6.45, 7) is 7.44. The van der Waals surface area contributed by atoms with E-state index in [9.17, 15) is 14.4 Å². The molecule has 0 amide bonds. The third-order valence-electron chi connectivity index (χ3n) is 4.96. The van der Waals surface area contributed by atoms with Gasteiger partial charge in [0, 0.05) is 13.2 Å². The Labute approximate surface area is 183 Å². The zero-order valence-corrected chi connectivity index (χ0v) is 19.0. The lowest BCUT2D eigenvalue weighted by molar-refractivity contribution is -0.152. The van der Waals surface area contributed by atoms with Gasteiger partial charge in [-0.3, -0.25) is 4.79 Å². The number of aliphatic carboxylic acids is 1. The van der Waals surface area contributed by atoms with Crippen LogP contribution in [0, 0.1) is 16.2 Å². The van der Waals surface area contributed by atoms with Gasteiger partial charge in [0.1, 0.15) is 5.41 Å². The summed E-state index contributed by atoms with van der Waals surface area (Å²) >= 11 is 0. The molecule has 10 heteroatoms. The maximum Gasteiger partial charge on any atom is 0.314 e. The Kier molecular flexibility index (Phi) is 15.9. The zero-order chi connectivity index (χ0) is 24.6. The third kappa shape index (κ3) is 13.9. The second-order valence-electron chi connectivity index (χ2n) is 9.18. The van der Waals surface area contributed by atoms with Crippen molar-refractivity contribution in [2.45, 2.75) is 65.8 Å². The van der Waals surface area contributed by atoms with Crippen LogP contribution < -0.4 is 0 Å². The lowest BCUT2D eigenvalue weighted by Gasteiger charge is -2.44. The standard InChI is InChI=1S/C12H18N2O2.C5H10O4.C4H10O2/c1-11(2)4-10(14-9-16)5-12(3,6-11)7-13-8-15;1-5(2-6,3-7)4(8)9;5-3-1-2-4-6/h10H,4-7H2,1-3H3;6-7H,2-3H2,1H3,(H,8,9);5-6H,1-4H2. The average molecular weight is 447 g/mol. The highest BCUT2D eigenvalue weighted by Crippen LogP contribution is 2.47. The van der Waals surface area contributed by atoms with E-state index in [4.69, 9.17) is 25.5 Å². The van der Waals surface area contributed by atoms with E-state index in [0.717, 1.165) is 32.1 Å². The van der Waals surface area contributed by atoms with Crippen LogP contribution in [0.2, 0.25) is 0 Å². The minimum atomic E-state index is -1.39. The number of hydrogen-bond donors (Lipinski definition) is 5. The molecule has 0 aromatic rings. The number of carboxylic acid groups (broad SMARTS) is 1. The summed E-state index contributed by atoms with van der Waals surface area (Å²) in [6, 6.07) is 0.00750. The Morgan fingerprint density at radius 2 is 1.52 bits per heavy atom. The molecule has 0 heterocycles. The van der Waals surface area contributed by atoms with Gasteiger partial charge in [-0.25, -0.2) is 19.6 Å². The number of aliphatic hydroxyl groups is 4. The first kappa shape index (κ1) is 31.3. The molecule has 10 nitrogen and oxygen atoms in total. The van der Waals surface area contributed by atoms with Gasteiger partial charge < -0.3 is 25.5 Å². The first-order valence-electron chi connectivity index (χ1n) is 10.2. The van der Waals surface area contributed by atoms with Crippen LogP contribution in [0.5, 0.6) is 0 Å². The van der Waals surface area contributed by atoms with Gasteiger partial charge in [0.05, 0.1) is 25.8 Å². The Bertz CT molecular complexity index is 605. The second-order valence-corrected chi connectivity index (χ2v) is 9.18. The number of unbranched alkanes of at least 4 members (excludes halogenated alkanes) is 1.